The first-order valence-corrected chi connectivity index (χ1v) is 7.23. The molecule has 2 heteroatoms. The number of carbonyl (C=O) groups excluding carboxylic acids is 1. The van der Waals surface area contributed by atoms with Crippen LogP contribution in [0.1, 0.15) is 64.2 Å². The third-order valence-corrected chi connectivity index (χ3v) is 3.99. The molecule has 2 aliphatic rings. The van der Waals surface area contributed by atoms with Crippen LogP contribution in [0.4, 0.5) is 0 Å². The molecule has 0 atom stereocenters. The standard InChI is InChI=1S/C15H24O2/c16-15(17-14-9-5-2-6-10-14)12-11-13-7-3-1-4-8-13/h11-14H,1-10H2. The van der Waals surface area contributed by atoms with Crippen molar-refractivity contribution in [3.8, 4) is 0 Å². The second kappa shape index (κ2) is 6.83. The highest BCUT2D eigenvalue weighted by Gasteiger charge is 2.16. The van der Waals surface area contributed by atoms with Gasteiger partial charge in [0.2, 0.25) is 0 Å². The van der Waals surface area contributed by atoms with Gasteiger partial charge in [0.15, 0.2) is 0 Å². The van der Waals surface area contributed by atoms with Crippen LogP contribution >= 0.6 is 0 Å². The van der Waals surface area contributed by atoms with Crippen LogP contribution in [0.15, 0.2) is 12.2 Å². The summed E-state index contributed by atoms with van der Waals surface area (Å²) < 4.78 is 5.46. The van der Waals surface area contributed by atoms with Gasteiger partial charge in [-0.2, -0.15) is 0 Å². The van der Waals surface area contributed by atoms with Crippen molar-refractivity contribution in [1.29, 1.82) is 0 Å². The summed E-state index contributed by atoms with van der Waals surface area (Å²) >= 11 is 0. The van der Waals surface area contributed by atoms with E-state index < -0.39 is 0 Å². The number of rotatable bonds is 3. The number of carbonyl (C=O) groups is 1. The van der Waals surface area contributed by atoms with Gasteiger partial charge in [-0.05, 0) is 44.4 Å². The largest absolute Gasteiger partial charge is 0.459 e. The lowest BCUT2D eigenvalue weighted by molar-refractivity contribution is -0.144. The van der Waals surface area contributed by atoms with Crippen LogP contribution in [0.25, 0.3) is 0 Å². The molecule has 0 bridgehead atoms. The predicted molar refractivity (Wildman–Crippen MR) is 68.7 cm³/mol. The summed E-state index contributed by atoms with van der Waals surface area (Å²) in [6, 6.07) is 0. The first-order valence-electron chi connectivity index (χ1n) is 7.23. The molecule has 17 heavy (non-hydrogen) atoms. The minimum absolute atomic E-state index is 0.123. The maximum atomic E-state index is 11.6. The quantitative estimate of drug-likeness (QED) is 0.547. The van der Waals surface area contributed by atoms with Gasteiger partial charge in [0.1, 0.15) is 6.10 Å². The molecule has 0 aromatic rings. The number of esters is 1. The van der Waals surface area contributed by atoms with Crippen molar-refractivity contribution in [2.24, 2.45) is 5.92 Å². The zero-order valence-corrected chi connectivity index (χ0v) is 10.7. The minimum Gasteiger partial charge on any atom is -0.459 e. The molecule has 0 radical (unpaired) electrons. The smallest absolute Gasteiger partial charge is 0.330 e. The average Bonchev–Trinajstić information content (AvgIpc) is 2.39. The summed E-state index contributed by atoms with van der Waals surface area (Å²) in [5.74, 6) is 0.491. The summed E-state index contributed by atoms with van der Waals surface area (Å²) in [5, 5.41) is 0. The Morgan fingerprint density at radius 1 is 0.882 bits per heavy atom. The topological polar surface area (TPSA) is 26.3 Å². The second-order valence-electron chi connectivity index (χ2n) is 5.45. The molecule has 2 saturated carbocycles. The van der Waals surface area contributed by atoms with E-state index >= 15 is 0 Å². The fourth-order valence-electron chi connectivity index (χ4n) is 2.93. The van der Waals surface area contributed by atoms with E-state index in [4.69, 9.17) is 4.74 Å². The lowest BCUT2D eigenvalue weighted by Crippen LogP contribution is -2.19. The maximum absolute atomic E-state index is 11.6. The average molecular weight is 236 g/mol. The van der Waals surface area contributed by atoms with E-state index in [1.165, 1.54) is 51.4 Å². The van der Waals surface area contributed by atoms with E-state index in [0.717, 1.165) is 12.8 Å². The Hall–Kier alpha value is -0.790. The zero-order valence-electron chi connectivity index (χ0n) is 10.7. The van der Waals surface area contributed by atoms with Crippen LogP contribution in [0, 0.1) is 5.92 Å². The molecule has 2 fully saturated rings. The van der Waals surface area contributed by atoms with Gasteiger partial charge < -0.3 is 4.74 Å². The van der Waals surface area contributed by atoms with Gasteiger partial charge in [-0.15, -0.1) is 0 Å². The molecule has 0 unspecified atom stereocenters. The molecular weight excluding hydrogens is 212 g/mol. The lowest BCUT2D eigenvalue weighted by atomic mass is 9.89. The number of allylic oxidation sites excluding steroid dienone is 1. The van der Waals surface area contributed by atoms with Crippen molar-refractivity contribution >= 4 is 5.97 Å². The van der Waals surface area contributed by atoms with Crippen LogP contribution in [0.3, 0.4) is 0 Å². The van der Waals surface area contributed by atoms with E-state index in [9.17, 15) is 4.79 Å². The van der Waals surface area contributed by atoms with Crippen molar-refractivity contribution in [2.75, 3.05) is 0 Å². The number of ether oxygens (including phenoxy) is 1. The Balaban J connectivity index is 1.69. The SMILES string of the molecule is O=C(C=CC1CCCCC1)OC1CCCCC1. The zero-order chi connectivity index (χ0) is 11.9. The van der Waals surface area contributed by atoms with Crippen molar-refractivity contribution in [1.82, 2.24) is 0 Å². The molecule has 0 aliphatic heterocycles. The minimum atomic E-state index is -0.123. The van der Waals surface area contributed by atoms with Gasteiger partial charge in [0.25, 0.3) is 0 Å². The molecule has 2 nitrogen and oxygen atoms in total. The van der Waals surface area contributed by atoms with Crippen LogP contribution in [0.2, 0.25) is 0 Å². The highest BCUT2D eigenvalue weighted by molar-refractivity contribution is 5.82. The Kier molecular flexibility index (Phi) is 5.08. The summed E-state index contributed by atoms with van der Waals surface area (Å²) in [6.45, 7) is 0. The van der Waals surface area contributed by atoms with Gasteiger partial charge in [-0.3, -0.25) is 0 Å². The normalized spacial score (nSPS) is 24.0. The summed E-state index contributed by atoms with van der Waals surface area (Å²) in [7, 11) is 0. The van der Waals surface area contributed by atoms with Gasteiger partial charge >= 0.3 is 5.97 Å². The van der Waals surface area contributed by atoms with Crippen LogP contribution in [0.5, 0.6) is 0 Å². The Morgan fingerprint density at radius 3 is 2.12 bits per heavy atom. The number of hydrogen-bond donors (Lipinski definition) is 0. The highest BCUT2D eigenvalue weighted by Crippen LogP contribution is 2.25. The Labute approximate surface area is 104 Å². The Morgan fingerprint density at radius 2 is 1.47 bits per heavy atom. The fourth-order valence-corrected chi connectivity index (χ4v) is 2.93. The van der Waals surface area contributed by atoms with E-state index in [1.54, 1.807) is 6.08 Å². The van der Waals surface area contributed by atoms with Crippen molar-refractivity contribution in [3.05, 3.63) is 12.2 Å². The summed E-state index contributed by atoms with van der Waals surface area (Å²) in [5.41, 5.74) is 0. The van der Waals surface area contributed by atoms with E-state index in [-0.39, 0.29) is 12.1 Å². The van der Waals surface area contributed by atoms with Gasteiger partial charge in [-0.25, -0.2) is 4.79 Å². The van der Waals surface area contributed by atoms with Crippen molar-refractivity contribution in [3.63, 3.8) is 0 Å². The van der Waals surface area contributed by atoms with E-state index in [1.807, 2.05) is 0 Å². The highest BCUT2D eigenvalue weighted by atomic mass is 16.5. The molecule has 0 amide bonds. The molecule has 96 valence electrons. The summed E-state index contributed by atoms with van der Waals surface area (Å²) in [4.78, 5) is 11.6. The van der Waals surface area contributed by atoms with E-state index in [0.29, 0.717) is 5.92 Å². The van der Waals surface area contributed by atoms with Gasteiger partial charge in [-0.1, -0.05) is 31.8 Å². The molecule has 0 aromatic carbocycles. The van der Waals surface area contributed by atoms with Crippen molar-refractivity contribution < 1.29 is 9.53 Å². The number of hydrogen-bond acceptors (Lipinski definition) is 2. The monoisotopic (exact) mass is 236 g/mol. The third-order valence-electron chi connectivity index (χ3n) is 3.99. The molecular formula is C15H24O2. The van der Waals surface area contributed by atoms with Crippen LogP contribution in [-0.2, 0) is 9.53 Å². The van der Waals surface area contributed by atoms with Crippen LogP contribution in [-0.4, -0.2) is 12.1 Å². The molecule has 0 saturated heterocycles. The first kappa shape index (κ1) is 12.7. The third kappa shape index (κ3) is 4.53. The molecule has 0 aromatic heterocycles. The second-order valence-corrected chi connectivity index (χ2v) is 5.45. The predicted octanol–water partition coefficient (Wildman–Crippen LogP) is 4.00. The van der Waals surface area contributed by atoms with Gasteiger partial charge in [0.05, 0.1) is 0 Å². The first-order chi connectivity index (χ1) is 8.34. The molecule has 0 spiro atoms. The molecule has 0 heterocycles. The molecule has 0 N–H and O–H groups in total. The lowest BCUT2D eigenvalue weighted by Gasteiger charge is -2.21. The Bertz CT molecular complexity index is 258. The van der Waals surface area contributed by atoms with E-state index in [2.05, 4.69) is 6.08 Å². The maximum Gasteiger partial charge on any atom is 0.330 e. The summed E-state index contributed by atoms with van der Waals surface area (Å²) in [6.07, 6.45) is 16.2. The molecule has 2 rings (SSSR count). The van der Waals surface area contributed by atoms with Crippen LogP contribution < -0.4 is 0 Å². The van der Waals surface area contributed by atoms with Gasteiger partial charge in [0, 0.05) is 6.08 Å². The molecule has 2 aliphatic carbocycles. The van der Waals surface area contributed by atoms with Crippen molar-refractivity contribution in [2.45, 2.75) is 70.3 Å². The fraction of sp³-hybridized carbons (Fsp3) is 0.800.